The van der Waals surface area contributed by atoms with Crippen molar-refractivity contribution in [1.82, 2.24) is 0 Å². The van der Waals surface area contributed by atoms with Gasteiger partial charge in [0.05, 0.1) is 0 Å². The van der Waals surface area contributed by atoms with Gasteiger partial charge in [0, 0.05) is 6.54 Å². The molecule has 0 aliphatic heterocycles. The van der Waals surface area contributed by atoms with E-state index in [9.17, 15) is 9.18 Å². The highest BCUT2D eigenvalue weighted by molar-refractivity contribution is 5.65. The van der Waals surface area contributed by atoms with Crippen LogP contribution < -0.4 is 11.5 Å². The van der Waals surface area contributed by atoms with Gasteiger partial charge in [0.1, 0.15) is 6.67 Å². The molecule has 0 rings (SSSR count). The summed E-state index contributed by atoms with van der Waals surface area (Å²) in [5.41, 5.74) is 8.48. The number of halogens is 1. The number of carbonyl (C=O) groups is 1. The predicted octanol–water partition coefficient (Wildman–Crippen LogP) is -0.231. The lowest BCUT2D eigenvalue weighted by atomic mass is 10.1. The van der Waals surface area contributed by atoms with Crippen LogP contribution in [0.15, 0.2) is 0 Å². The molecule has 0 saturated heterocycles. The van der Waals surface area contributed by atoms with Crippen molar-refractivity contribution in [3.63, 3.8) is 0 Å². The Balaban J connectivity index is 3.92. The Morgan fingerprint density at radius 1 is 1.80 bits per heavy atom. The van der Waals surface area contributed by atoms with Gasteiger partial charge in [0.15, 0.2) is 5.60 Å². The van der Waals surface area contributed by atoms with Crippen molar-refractivity contribution in [2.75, 3.05) is 13.2 Å². The number of hydrogen-bond donors (Lipinski definition) is 2. The number of alkyl halides is 1. The second-order valence-corrected chi connectivity index (χ2v) is 2.21. The number of ether oxygens (including phenoxy) is 1. The van der Waals surface area contributed by atoms with Crippen LogP contribution in [0.4, 0.5) is 9.18 Å². The monoisotopic (exact) mass is 150 g/mol. The van der Waals surface area contributed by atoms with Crippen LogP contribution >= 0.6 is 0 Å². The van der Waals surface area contributed by atoms with Crippen LogP contribution in [-0.2, 0) is 4.74 Å². The molecule has 1 atom stereocenters. The molecule has 10 heavy (non-hydrogen) atoms. The summed E-state index contributed by atoms with van der Waals surface area (Å²) in [6, 6.07) is 0. The molecule has 0 aromatic carbocycles. The van der Waals surface area contributed by atoms with Crippen LogP contribution in [0.2, 0.25) is 0 Å². The Morgan fingerprint density at radius 3 is 2.40 bits per heavy atom. The SMILES string of the molecule is CC(CN)(CF)OC(N)=O. The molecule has 0 aliphatic carbocycles. The standard InChI is InChI=1S/C5H11FN2O2/c1-5(2-6,3-7)10-4(8)9/h2-3,7H2,1H3,(H2,8,9). The highest BCUT2D eigenvalue weighted by Crippen LogP contribution is 2.07. The minimum atomic E-state index is -1.26. The second kappa shape index (κ2) is 3.36. The van der Waals surface area contributed by atoms with Crippen LogP contribution in [0.1, 0.15) is 6.92 Å². The smallest absolute Gasteiger partial charge is 0.405 e. The predicted molar refractivity (Wildman–Crippen MR) is 34.1 cm³/mol. The van der Waals surface area contributed by atoms with Crippen molar-refractivity contribution < 1.29 is 13.9 Å². The molecule has 0 fully saturated rings. The third kappa shape index (κ3) is 2.63. The van der Waals surface area contributed by atoms with Crippen LogP contribution in [-0.4, -0.2) is 24.9 Å². The van der Waals surface area contributed by atoms with E-state index in [1.165, 1.54) is 6.92 Å². The maximum atomic E-state index is 12.0. The normalized spacial score (nSPS) is 15.9. The van der Waals surface area contributed by atoms with Crippen molar-refractivity contribution in [2.24, 2.45) is 11.5 Å². The first-order valence-electron chi connectivity index (χ1n) is 2.78. The van der Waals surface area contributed by atoms with Crippen molar-refractivity contribution >= 4 is 6.09 Å². The number of nitrogens with two attached hydrogens (primary N) is 2. The first-order chi connectivity index (χ1) is 4.54. The first kappa shape index (κ1) is 9.16. The molecule has 1 unspecified atom stereocenters. The third-order valence-electron chi connectivity index (χ3n) is 1.06. The molecule has 1 amide bonds. The Labute approximate surface area is 58.3 Å². The van der Waals surface area contributed by atoms with Crippen LogP contribution in [0.5, 0.6) is 0 Å². The topological polar surface area (TPSA) is 78.3 Å². The molecule has 0 bridgehead atoms. The van der Waals surface area contributed by atoms with Crippen LogP contribution in [0.3, 0.4) is 0 Å². The fourth-order valence-electron chi connectivity index (χ4n) is 0.366. The quantitative estimate of drug-likeness (QED) is 0.583. The Bertz CT molecular complexity index is 125. The zero-order chi connectivity index (χ0) is 8.20. The van der Waals surface area contributed by atoms with Crippen molar-refractivity contribution in [3.8, 4) is 0 Å². The van der Waals surface area contributed by atoms with E-state index in [0.29, 0.717) is 0 Å². The summed E-state index contributed by atoms with van der Waals surface area (Å²) >= 11 is 0. The summed E-state index contributed by atoms with van der Waals surface area (Å²) < 4.78 is 16.4. The first-order valence-corrected chi connectivity index (χ1v) is 2.78. The summed E-state index contributed by atoms with van der Waals surface area (Å²) in [6.45, 7) is 0.469. The summed E-state index contributed by atoms with van der Waals surface area (Å²) in [5.74, 6) is 0. The maximum Gasteiger partial charge on any atom is 0.405 e. The average Bonchev–Trinajstić information content (AvgIpc) is 1.87. The van der Waals surface area contributed by atoms with Gasteiger partial charge in [0.2, 0.25) is 0 Å². The van der Waals surface area contributed by atoms with Crippen molar-refractivity contribution in [1.29, 1.82) is 0 Å². The zero-order valence-electron chi connectivity index (χ0n) is 5.76. The Kier molecular flexibility index (Phi) is 3.08. The van der Waals surface area contributed by atoms with Crippen molar-refractivity contribution in [3.05, 3.63) is 0 Å². The van der Waals surface area contributed by atoms with Gasteiger partial charge >= 0.3 is 6.09 Å². The fraction of sp³-hybridized carbons (Fsp3) is 0.800. The minimum Gasteiger partial charge on any atom is -0.439 e. The largest absolute Gasteiger partial charge is 0.439 e. The van der Waals surface area contributed by atoms with Gasteiger partial charge in [-0.2, -0.15) is 0 Å². The number of hydrogen-bond acceptors (Lipinski definition) is 3. The number of carbonyl (C=O) groups excluding carboxylic acids is 1. The summed E-state index contributed by atoms with van der Waals surface area (Å²) in [5, 5.41) is 0. The Hall–Kier alpha value is -0.840. The van der Waals surface area contributed by atoms with E-state index in [1.807, 2.05) is 0 Å². The molecular formula is C5H11FN2O2. The molecule has 0 radical (unpaired) electrons. The average molecular weight is 150 g/mol. The maximum absolute atomic E-state index is 12.0. The lowest BCUT2D eigenvalue weighted by Gasteiger charge is -2.22. The van der Waals surface area contributed by atoms with E-state index in [4.69, 9.17) is 5.73 Å². The number of amides is 1. The number of rotatable bonds is 3. The zero-order valence-corrected chi connectivity index (χ0v) is 5.76. The van der Waals surface area contributed by atoms with Gasteiger partial charge in [-0.3, -0.25) is 0 Å². The van der Waals surface area contributed by atoms with E-state index in [-0.39, 0.29) is 6.54 Å². The molecule has 4 nitrogen and oxygen atoms in total. The summed E-state index contributed by atoms with van der Waals surface area (Å²) in [4.78, 5) is 10.1. The van der Waals surface area contributed by atoms with Gasteiger partial charge < -0.3 is 16.2 Å². The molecule has 60 valence electrons. The molecule has 0 heterocycles. The summed E-state index contributed by atoms with van der Waals surface area (Å²) in [6.07, 6.45) is -1.01. The molecule has 4 N–H and O–H groups in total. The van der Waals surface area contributed by atoms with Crippen LogP contribution in [0, 0.1) is 0 Å². The second-order valence-electron chi connectivity index (χ2n) is 2.21. The molecule has 0 saturated carbocycles. The summed E-state index contributed by atoms with van der Waals surface area (Å²) in [7, 11) is 0. The van der Waals surface area contributed by atoms with Crippen molar-refractivity contribution in [2.45, 2.75) is 12.5 Å². The molecular weight excluding hydrogens is 139 g/mol. The van der Waals surface area contributed by atoms with Gasteiger partial charge in [-0.1, -0.05) is 0 Å². The third-order valence-corrected chi connectivity index (χ3v) is 1.06. The van der Waals surface area contributed by atoms with E-state index < -0.39 is 18.4 Å². The molecule has 5 heteroatoms. The van der Waals surface area contributed by atoms with E-state index in [0.717, 1.165) is 0 Å². The van der Waals surface area contributed by atoms with E-state index >= 15 is 0 Å². The van der Waals surface area contributed by atoms with E-state index in [1.54, 1.807) is 0 Å². The van der Waals surface area contributed by atoms with Gasteiger partial charge in [-0.05, 0) is 6.92 Å². The fourth-order valence-corrected chi connectivity index (χ4v) is 0.366. The Morgan fingerprint density at radius 2 is 2.30 bits per heavy atom. The number of primary amides is 1. The van der Waals surface area contributed by atoms with Gasteiger partial charge in [-0.25, -0.2) is 9.18 Å². The van der Waals surface area contributed by atoms with Gasteiger partial charge in [-0.15, -0.1) is 0 Å². The minimum absolute atomic E-state index is 0.0769. The molecule has 0 spiro atoms. The molecule has 0 aliphatic rings. The lowest BCUT2D eigenvalue weighted by molar-refractivity contribution is 0.0188. The van der Waals surface area contributed by atoms with E-state index in [2.05, 4.69) is 10.5 Å². The van der Waals surface area contributed by atoms with Crippen LogP contribution in [0.25, 0.3) is 0 Å². The van der Waals surface area contributed by atoms with Gasteiger partial charge in [0.25, 0.3) is 0 Å². The highest BCUT2D eigenvalue weighted by atomic mass is 19.1. The highest BCUT2D eigenvalue weighted by Gasteiger charge is 2.25. The lowest BCUT2D eigenvalue weighted by Crippen LogP contribution is -2.43. The molecule has 0 aromatic heterocycles. The molecule has 0 aromatic rings.